The molecule has 0 spiro atoms. The van der Waals surface area contributed by atoms with Crippen molar-refractivity contribution in [3.8, 4) is 0 Å². The average Bonchev–Trinajstić information content (AvgIpc) is 2.37. The van der Waals surface area contributed by atoms with Gasteiger partial charge in [0.2, 0.25) is 0 Å². The molecule has 3 N–H and O–H groups in total. The van der Waals surface area contributed by atoms with Gasteiger partial charge in [0.05, 0.1) is 16.3 Å². The van der Waals surface area contributed by atoms with Crippen LogP contribution in [-0.2, 0) is 0 Å². The molecule has 6 heteroatoms. The lowest BCUT2D eigenvalue weighted by molar-refractivity contribution is 0.102. The van der Waals surface area contributed by atoms with E-state index in [9.17, 15) is 9.18 Å². The number of aryl methyl sites for hydroxylation is 1. The second kappa shape index (κ2) is 5.81. The Labute approximate surface area is 129 Å². The quantitative estimate of drug-likeness (QED) is 0.783. The molecule has 0 saturated carbocycles. The zero-order valence-corrected chi connectivity index (χ0v) is 12.8. The standard InChI is InChI=1S/C14H11BrClFN2O/c1-7-4-9(18)6-10(13(7)17)14(20)19-12-3-2-8(15)5-11(12)16/h2-6H,18H2,1H3,(H,19,20). The average molecular weight is 358 g/mol. The van der Waals surface area contributed by atoms with E-state index >= 15 is 0 Å². The van der Waals surface area contributed by atoms with Crippen LogP contribution in [0.25, 0.3) is 0 Å². The number of nitrogens with one attached hydrogen (secondary N) is 1. The third-order valence-corrected chi connectivity index (χ3v) is 3.51. The first kappa shape index (κ1) is 14.8. The normalized spacial score (nSPS) is 10.4. The lowest BCUT2D eigenvalue weighted by Crippen LogP contribution is -2.15. The van der Waals surface area contributed by atoms with Gasteiger partial charge < -0.3 is 11.1 Å². The van der Waals surface area contributed by atoms with Crippen LogP contribution >= 0.6 is 27.5 Å². The minimum atomic E-state index is -0.595. The van der Waals surface area contributed by atoms with Crippen LogP contribution in [0, 0.1) is 12.7 Å². The van der Waals surface area contributed by atoms with Gasteiger partial charge in [0, 0.05) is 10.2 Å². The molecule has 0 aliphatic rings. The van der Waals surface area contributed by atoms with Gasteiger partial charge in [-0.05, 0) is 42.8 Å². The van der Waals surface area contributed by atoms with Crippen LogP contribution in [0.5, 0.6) is 0 Å². The molecule has 2 aromatic rings. The Morgan fingerprint density at radius 2 is 2.05 bits per heavy atom. The number of amides is 1. The van der Waals surface area contributed by atoms with Crippen molar-refractivity contribution in [1.82, 2.24) is 0 Å². The highest BCUT2D eigenvalue weighted by molar-refractivity contribution is 9.10. The van der Waals surface area contributed by atoms with E-state index in [-0.39, 0.29) is 5.56 Å². The molecule has 104 valence electrons. The Morgan fingerprint density at radius 3 is 2.70 bits per heavy atom. The molecule has 3 nitrogen and oxygen atoms in total. The fourth-order valence-corrected chi connectivity index (χ4v) is 2.46. The Hall–Kier alpha value is -1.59. The maximum absolute atomic E-state index is 13.9. The molecule has 1 amide bonds. The summed E-state index contributed by atoms with van der Waals surface area (Å²) in [6.07, 6.45) is 0. The molecule has 0 fully saturated rings. The Bertz CT molecular complexity index is 691. The van der Waals surface area contributed by atoms with Crippen molar-refractivity contribution in [2.75, 3.05) is 11.1 Å². The van der Waals surface area contributed by atoms with Gasteiger partial charge in [-0.1, -0.05) is 27.5 Å². The Kier molecular flexibility index (Phi) is 4.30. The van der Waals surface area contributed by atoms with Gasteiger partial charge in [0.15, 0.2) is 0 Å². The zero-order chi connectivity index (χ0) is 14.9. The zero-order valence-electron chi connectivity index (χ0n) is 10.5. The summed E-state index contributed by atoms with van der Waals surface area (Å²) in [4.78, 5) is 12.1. The van der Waals surface area contributed by atoms with E-state index in [1.54, 1.807) is 25.1 Å². The molecule has 20 heavy (non-hydrogen) atoms. The van der Waals surface area contributed by atoms with Crippen molar-refractivity contribution in [2.24, 2.45) is 0 Å². The van der Waals surface area contributed by atoms with Crippen LogP contribution in [0.4, 0.5) is 15.8 Å². The van der Waals surface area contributed by atoms with Crippen LogP contribution in [0.15, 0.2) is 34.8 Å². The van der Waals surface area contributed by atoms with Crippen molar-refractivity contribution in [1.29, 1.82) is 0 Å². The fraction of sp³-hybridized carbons (Fsp3) is 0.0714. The van der Waals surface area contributed by atoms with Crippen LogP contribution in [-0.4, -0.2) is 5.91 Å². The van der Waals surface area contributed by atoms with E-state index in [0.717, 1.165) is 4.47 Å². The van der Waals surface area contributed by atoms with Gasteiger partial charge in [0.1, 0.15) is 5.82 Å². The van der Waals surface area contributed by atoms with Gasteiger partial charge in [-0.15, -0.1) is 0 Å². The van der Waals surface area contributed by atoms with Crippen molar-refractivity contribution in [2.45, 2.75) is 6.92 Å². The number of carbonyl (C=O) groups is 1. The SMILES string of the molecule is Cc1cc(N)cc(C(=O)Nc2ccc(Br)cc2Cl)c1F. The minimum Gasteiger partial charge on any atom is -0.399 e. The lowest BCUT2D eigenvalue weighted by Gasteiger charge is -2.10. The second-order valence-electron chi connectivity index (χ2n) is 4.28. The highest BCUT2D eigenvalue weighted by Gasteiger charge is 2.16. The number of halogens is 3. The Morgan fingerprint density at radius 1 is 1.35 bits per heavy atom. The molecule has 2 rings (SSSR count). The topological polar surface area (TPSA) is 55.1 Å². The first-order valence-electron chi connectivity index (χ1n) is 5.70. The van der Waals surface area contributed by atoms with Gasteiger partial charge in [0.25, 0.3) is 5.91 Å². The molecule has 0 bridgehead atoms. The van der Waals surface area contributed by atoms with Gasteiger partial charge in [-0.2, -0.15) is 0 Å². The monoisotopic (exact) mass is 356 g/mol. The van der Waals surface area contributed by atoms with E-state index in [0.29, 0.717) is 22.0 Å². The molecule has 0 aliphatic carbocycles. The number of carbonyl (C=O) groups excluding carboxylic acids is 1. The van der Waals surface area contributed by atoms with Crippen molar-refractivity contribution in [3.63, 3.8) is 0 Å². The predicted molar refractivity (Wildman–Crippen MR) is 82.7 cm³/mol. The maximum Gasteiger partial charge on any atom is 0.258 e. The largest absolute Gasteiger partial charge is 0.399 e. The van der Waals surface area contributed by atoms with E-state index in [4.69, 9.17) is 17.3 Å². The van der Waals surface area contributed by atoms with Crippen molar-refractivity contribution >= 4 is 44.8 Å². The number of hydrogen-bond donors (Lipinski definition) is 2. The first-order valence-corrected chi connectivity index (χ1v) is 6.87. The summed E-state index contributed by atoms with van der Waals surface area (Å²) in [6, 6.07) is 7.76. The Balaban J connectivity index is 2.33. The maximum atomic E-state index is 13.9. The molecular formula is C14H11BrClFN2O. The molecule has 2 aromatic carbocycles. The molecule has 0 atom stereocenters. The highest BCUT2D eigenvalue weighted by atomic mass is 79.9. The van der Waals surface area contributed by atoms with Crippen LogP contribution < -0.4 is 11.1 Å². The predicted octanol–water partition coefficient (Wildman–Crippen LogP) is 4.38. The first-order chi connectivity index (χ1) is 9.38. The van der Waals surface area contributed by atoms with Crippen LogP contribution in [0.3, 0.4) is 0 Å². The fourth-order valence-electron chi connectivity index (χ4n) is 1.74. The number of nitrogens with two attached hydrogens (primary N) is 1. The van der Waals surface area contributed by atoms with Gasteiger partial charge in [-0.25, -0.2) is 4.39 Å². The smallest absolute Gasteiger partial charge is 0.258 e. The molecule has 0 unspecified atom stereocenters. The van der Waals surface area contributed by atoms with E-state index in [1.807, 2.05) is 0 Å². The molecule has 0 saturated heterocycles. The number of nitrogen functional groups attached to an aromatic ring is 1. The number of hydrogen-bond acceptors (Lipinski definition) is 2. The third kappa shape index (κ3) is 3.11. The number of rotatable bonds is 2. The number of benzene rings is 2. The summed E-state index contributed by atoms with van der Waals surface area (Å²) in [7, 11) is 0. The minimum absolute atomic E-state index is 0.110. The van der Waals surface area contributed by atoms with Gasteiger partial charge in [-0.3, -0.25) is 4.79 Å². The van der Waals surface area contributed by atoms with Gasteiger partial charge >= 0.3 is 0 Å². The third-order valence-electron chi connectivity index (χ3n) is 2.70. The molecule has 0 aromatic heterocycles. The van der Waals surface area contributed by atoms with E-state index in [2.05, 4.69) is 21.2 Å². The lowest BCUT2D eigenvalue weighted by atomic mass is 10.1. The summed E-state index contributed by atoms with van der Waals surface area (Å²) in [5.41, 5.74) is 6.57. The molecule has 0 aliphatic heterocycles. The summed E-state index contributed by atoms with van der Waals surface area (Å²) in [5.74, 6) is -1.19. The molecule has 0 heterocycles. The highest BCUT2D eigenvalue weighted by Crippen LogP contribution is 2.27. The summed E-state index contributed by atoms with van der Waals surface area (Å²) in [6.45, 7) is 1.55. The van der Waals surface area contributed by atoms with E-state index < -0.39 is 11.7 Å². The summed E-state index contributed by atoms with van der Waals surface area (Å²) < 4.78 is 14.7. The summed E-state index contributed by atoms with van der Waals surface area (Å²) >= 11 is 9.26. The van der Waals surface area contributed by atoms with Crippen molar-refractivity contribution in [3.05, 3.63) is 56.8 Å². The van der Waals surface area contributed by atoms with Crippen LogP contribution in [0.1, 0.15) is 15.9 Å². The van der Waals surface area contributed by atoms with Crippen molar-refractivity contribution < 1.29 is 9.18 Å². The molecular weight excluding hydrogens is 347 g/mol. The molecule has 0 radical (unpaired) electrons. The number of anilines is 2. The van der Waals surface area contributed by atoms with Crippen LogP contribution in [0.2, 0.25) is 5.02 Å². The van der Waals surface area contributed by atoms with E-state index in [1.165, 1.54) is 12.1 Å². The summed E-state index contributed by atoms with van der Waals surface area (Å²) in [5, 5.41) is 2.92. The second-order valence-corrected chi connectivity index (χ2v) is 5.60.